The van der Waals surface area contributed by atoms with E-state index in [-0.39, 0.29) is 25.1 Å². The molecule has 0 radical (unpaired) electrons. The number of carbonyl (C=O) groups is 1. The van der Waals surface area contributed by atoms with Gasteiger partial charge in [0.2, 0.25) is 6.79 Å². The minimum absolute atomic E-state index is 0.192. The largest absolute Gasteiger partial charge is 0.454 e. The van der Waals surface area contributed by atoms with Crippen molar-refractivity contribution in [2.45, 2.75) is 6.54 Å². The number of amides is 1. The van der Waals surface area contributed by atoms with Gasteiger partial charge in [0.1, 0.15) is 5.82 Å². The van der Waals surface area contributed by atoms with E-state index in [0.717, 1.165) is 11.3 Å². The number of aromatic nitrogens is 2. The number of rotatable bonds is 5. The molecule has 0 N–H and O–H groups in total. The van der Waals surface area contributed by atoms with Gasteiger partial charge in [0.25, 0.3) is 5.91 Å². The predicted octanol–water partition coefficient (Wildman–Crippen LogP) is 4.81. The summed E-state index contributed by atoms with van der Waals surface area (Å²) in [5, 5.41) is 0.478. The van der Waals surface area contributed by atoms with Gasteiger partial charge in [0.15, 0.2) is 16.6 Å². The van der Waals surface area contributed by atoms with Crippen LogP contribution in [0.25, 0.3) is 16.3 Å². The van der Waals surface area contributed by atoms with E-state index in [1.165, 1.54) is 34.4 Å². The lowest BCUT2D eigenvalue weighted by atomic mass is 10.2. The Balaban J connectivity index is 1.46. The number of thiazole rings is 1. The van der Waals surface area contributed by atoms with Crippen molar-refractivity contribution >= 4 is 38.7 Å². The molecule has 3 heterocycles. The normalized spacial score (nSPS) is 12.5. The summed E-state index contributed by atoms with van der Waals surface area (Å²) in [4.78, 5) is 23.5. The van der Waals surface area contributed by atoms with Gasteiger partial charge in [-0.2, -0.15) is 0 Å². The van der Waals surface area contributed by atoms with E-state index in [0.29, 0.717) is 26.8 Å². The molecule has 5 rings (SSSR count). The Kier molecular flexibility index (Phi) is 5.05. The second-order valence-corrected chi connectivity index (χ2v) is 7.81. The van der Waals surface area contributed by atoms with Crippen LogP contribution in [0.15, 0.2) is 66.9 Å². The highest BCUT2D eigenvalue weighted by molar-refractivity contribution is 7.22. The number of nitrogens with zero attached hydrogens (tertiary/aromatic N) is 3. The fraction of sp³-hybridized carbons (Fsp3) is 0.0870. The summed E-state index contributed by atoms with van der Waals surface area (Å²) in [5.74, 6) is 0.728. The molecule has 6 nitrogen and oxygen atoms in total. The maximum atomic E-state index is 13.6. The van der Waals surface area contributed by atoms with Gasteiger partial charge in [-0.1, -0.05) is 23.5 Å². The average molecular weight is 433 g/mol. The molecule has 4 aromatic rings. The van der Waals surface area contributed by atoms with Crippen LogP contribution in [-0.2, 0) is 11.3 Å². The lowest BCUT2D eigenvalue weighted by Crippen LogP contribution is -2.29. The maximum Gasteiger partial charge on any atom is 0.253 e. The predicted molar refractivity (Wildman–Crippen MR) is 117 cm³/mol. The van der Waals surface area contributed by atoms with Gasteiger partial charge in [-0.05, 0) is 54.1 Å². The Morgan fingerprint density at radius 3 is 2.90 bits per heavy atom. The molecule has 2 aromatic heterocycles. The minimum Gasteiger partial charge on any atom is -0.454 e. The van der Waals surface area contributed by atoms with Crippen LogP contribution in [0.5, 0.6) is 11.5 Å². The first kappa shape index (κ1) is 19.2. The molecule has 0 unspecified atom stereocenters. The number of hydrogen-bond donors (Lipinski definition) is 0. The number of benzene rings is 2. The summed E-state index contributed by atoms with van der Waals surface area (Å²) < 4.78 is 25.0. The zero-order valence-electron chi connectivity index (χ0n) is 16.2. The van der Waals surface area contributed by atoms with Crippen molar-refractivity contribution in [2.24, 2.45) is 0 Å². The van der Waals surface area contributed by atoms with Crippen LogP contribution >= 0.6 is 11.3 Å². The lowest BCUT2D eigenvalue weighted by Gasteiger charge is -2.17. The molecule has 0 aliphatic carbocycles. The standard InChI is InChI=1S/C23H16FN3O3S/c24-16-6-7-18-21(12-16)31-23(26-18)27(13-17-3-1-2-10-25-17)22(28)9-5-15-4-8-19-20(11-15)30-14-29-19/h1-12H,13-14H2/b9-5+. The third kappa shape index (κ3) is 4.10. The summed E-state index contributed by atoms with van der Waals surface area (Å²) in [7, 11) is 0. The SMILES string of the molecule is O=C(/C=C/c1ccc2c(c1)OCO2)N(Cc1ccccn1)c1nc2ccc(F)cc2s1. The van der Waals surface area contributed by atoms with Crippen molar-refractivity contribution in [1.82, 2.24) is 9.97 Å². The second kappa shape index (κ2) is 8.16. The number of pyridine rings is 1. The third-order valence-electron chi connectivity index (χ3n) is 4.70. The second-order valence-electron chi connectivity index (χ2n) is 6.80. The number of hydrogen-bond acceptors (Lipinski definition) is 6. The molecule has 0 spiro atoms. The van der Waals surface area contributed by atoms with E-state index in [9.17, 15) is 9.18 Å². The summed E-state index contributed by atoms with van der Waals surface area (Å²) >= 11 is 1.26. The molecule has 1 aliphatic heterocycles. The van der Waals surface area contributed by atoms with Gasteiger partial charge < -0.3 is 9.47 Å². The smallest absolute Gasteiger partial charge is 0.253 e. The lowest BCUT2D eigenvalue weighted by molar-refractivity contribution is -0.114. The Morgan fingerprint density at radius 2 is 2.03 bits per heavy atom. The van der Waals surface area contributed by atoms with E-state index in [1.807, 2.05) is 30.3 Å². The third-order valence-corrected chi connectivity index (χ3v) is 5.74. The summed E-state index contributed by atoms with van der Waals surface area (Å²) in [5.41, 5.74) is 2.17. The number of carbonyl (C=O) groups excluding carboxylic acids is 1. The average Bonchev–Trinajstić information content (AvgIpc) is 3.42. The van der Waals surface area contributed by atoms with Gasteiger partial charge in [0, 0.05) is 12.3 Å². The molecule has 154 valence electrons. The van der Waals surface area contributed by atoms with Crippen LogP contribution in [0.3, 0.4) is 0 Å². The van der Waals surface area contributed by atoms with Crippen molar-refractivity contribution in [1.29, 1.82) is 0 Å². The number of halogens is 1. The van der Waals surface area contributed by atoms with Gasteiger partial charge in [-0.15, -0.1) is 0 Å². The summed E-state index contributed by atoms with van der Waals surface area (Å²) in [6.07, 6.45) is 4.87. The van der Waals surface area contributed by atoms with Crippen LogP contribution in [0.1, 0.15) is 11.3 Å². The van der Waals surface area contributed by atoms with Crippen molar-refractivity contribution in [3.8, 4) is 11.5 Å². The molecule has 0 saturated heterocycles. The summed E-state index contributed by atoms with van der Waals surface area (Å²) in [6.45, 7) is 0.435. The van der Waals surface area contributed by atoms with Crippen LogP contribution in [0.2, 0.25) is 0 Å². The molecule has 2 aromatic carbocycles. The fourth-order valence-corrected chi connectivity index (χ4v) is 4.16. The maximum absolute atomic E-state index is 13.6. The van der Waals surface area contributed by atoms with E-state index in [2.05, 4.69) is 9.97 Å². The molecule has 0 saturated carbocycles. The van der Waals surface area contributed by atoms with Gasteiger partial charge >= 0.3 is 0 Å². The number of fused-ring (bicyclic) bond motifs is 2. The van der Waals surface area contributed by atoms with Crippen molar-refractivity contribution in [3.63, 3.8) is 0 Å². The van der Waals surface area contributed by atoms with E-state index in [4.69, 9.17) is 9.47 Å². The Morgan fingerprint density at radius 1 is 1.13 bits per heavy atom. The Labute approximate surface area is 181 Å². The topological polar surface area (TPSA) is 64.6 Å². The minimum atomic E-state index is -0.340. The van der Waals surface area contributed by atoms with Crippen molar-refractivity contribution in [3.05, 3.63) is 83.9 Å². The van der Waals surface area contributed by atoms with Gasteiger partial charge in [-0.25, -0.2) is 9.37 Å². The van der Waals surface area contributed by atoms with Crippen LogP contribution in [0.4, 0.5) is 9.52 Å². The van der Waals surface area contributed by atoms with E-state index >= 15 is 0 Å². The zero-order chi connectivity index (χ0) is 21.2. The molecule has 1 aliphatic rings. The number of ether oxygens (including phenoxy) is 2. The first-order chi connectivity index (χ1) is 15.2. The van der Waals surface area contributed by atoms with Crippen molar-refractivity contribution in [2.75, 3.05) is 11.7 Å². The van der Waals surface area contributed by atoms with Crippen LogP contribution < -0.4 is 14.4 Å². The first-order valence-corrected chi connectivity index (χ1v) is 10.3. The first-order valence-electron chi connectivity index (χ1n) is 9.51. The molecular weight excluding hydrogens is 417 g/mol. The molecule has 1 amide bonds. The van der Waals surface area contributed by atoms with Crippen LogP contribution in [-0.4, -0.2) is 22.7 Å². The molecular formula is C23H16FN3O3S. The summed E-state index contributed by atoms with van der Waals surface area (Å²) in [6, 6.07) is 15.4. The highest BCUT2D eigenvalue weighted by atomic mass is 32.1. The Hall–Kier alpha value is -3.78. The number of anilines is 1. The van der Waals surface area contributed by atoms with Crippen molar-refractivity contribution < 1.29 is 18.7 Å². The zero-order valence-corrected chi connectivity index (χ0v) is 17.0. The highest BCUT2D eigenvalue weighted by Gasteiger charge is 2.19. The molecule has 0 fully saturated rings. The fourth-order valence-electron chi connectivity index (χ4n) is 3.17. The van der Waals surface area contributed by atoms with E-state index in [1.54, 1.807) is 24.4 Å². The Bertz CT molecular complexity index is 1290. The van der Waals surface area contributed by atoms with E-state index < -0.39 is 0 Å². The van der Waals surface area contributed by atoms with Gasteiger partial charge in [0.05, 0.1) is 22.5 Å². The van der Waals surface area contributed by atoms with Gasteiger partial charge in [-0.3, -0.25) is 14.7 Å². The van der Waals surface area contributed by atoms with Crippen LogP contribution in [0, 0.1) is 5.82 Å². The highest BCUT2D eigenvalue weighted by Crippen LogP contribution is 2.33. The molecule has 8 heteroatoms. The monoisotopic (exact) mass is 433 g/mol. The molecule has 0 atom stereocenters. The molecule has 31 heavy (non-hydrogen) atoms. The quantitative estimate of drug-likeness (QED) is 0.423. The molecule has 0 bridgehead atoms.